The van der Waals surface area contributed by atoms with Crippen LogP contribution in [0.5, 0.6) is 0 Å². The molecule has 1 N–H and O–H groups in total. The Bertz CT molecular complexity index is 525. The van der Waals surface area contributed by atoms with Crippen molar-refractivity contribution in [3.05, 3.63) is 46.0 Å². The summed E-state index contributed by atoms with van der Waals surface area (Å²) in [6, 6.07) is 3.85. The third-order valence-electron chi connectivity index (χ3n) is 2.88. The van der Waals surface area contributed by atoms with Gasteiger partial charge in [-0.05, 0) is 34.5 Å². The largest absolute Gasteiger partial charge is 0.392 e. The summed E-state index contributed by atoms with van der Waals surface area (Å²) in [7, 11) is 1.89. The molecule has 0 bridgehead atoms. The van der Waals surface area contributed by atoms with E-state index in [0.717, 1.165) is 21.4 Å². The van der Waals surface area contributed by atoms with E-state index in [1.165, 1.54) is 0 Å². The van der Waals surface area contributed by atoms with Crippen molar-refractivity contribution in [1.29, 1.82) is 0 Å². The predicted molar refractivity (Wildman–Crippen MR) is 73.3 cm³/mol. The molecular weight excluding hydrogens is 294 g/mol. The summed E-state index contributed by atoms with van der Waals surface area (Å²) in [5.41, 5.74) is 3.00. The van der Waals surface area contributed by atoms with Gasteiger partial charge in [-0.1, -0.05) is 6.07 Å². The van der Waals surface area contributed by atoms with E-state index in [4.69, 9.17) is 0 Å². The Hall–Kier alpha value is -1.20. The molecule has 2 aromatic rings. The molecule has 0 fully saturated rings. The monoisotopic (exact) mass is 309 g/mol. The molecule has 5 heteroatoms. The molecule has 0 aromatic carbocycles. The van der Waals surface area contributed by atoms with Gasteiger partial charge in [-0.2, -0.15) is 5.10 Å². The van der Waals surface area contributed by atoms with Crippen molar-refractivity contribution >= 4 is 15.9 Å². The van der Waals surface area contributed by atoms with Crippen LogP contribution in [0.25, 0.3) is 0 Å². The van der Waals surface area contributed by atoms with Crippen LogP contribution in [0.15, 0.2) is 29.0 Å². The summed E-state index contributed by atoms with van der Waals surface area (Å²) in [5.74, 6) is 0. The van der Waals surface area contributed by atoms with Crippen LogP contribution in [-0.4, -0.2) is 26.0 Å². The highest BCUT2D eigenvalue weighted by atomic mass is 79.9. The zero-order valence-electron chi connectivity index (χ0n) is 10.5. The van der Waals surface area contributed by atoms with Crippen molar-refractivity contribution < 1.29 is 5.11 Å². The number of rotatable bonds is 4. The van der Waals surface area contributed by atoms with E-state index >= 15 is 0 Å². The minimum absolute atomic E-state index is 0.430. The van der Waals surface area contributed by atoms with Crippen LogP contribution >= 0.6 is 15.9 Å². The third-order valence-corrected chi connectivity index (χ3v) is 3.92. The maximum Gasteiger partial charge on any atom is 0.0738 e. The first-order valence-corrected chi connectivity index (χ1v) is 6.62. The Labute approximate surface area is 115 Å². The lowest BCUT2D eigenvalue weighted by atomic mass is 10.1. The summed E-state index contributed by atoms with van der Waals surface area (Å²) < 4.78 is 2.79. The Balaban J connectivity index is 2.05. The second kappa shape index (κ2) is 5.63. The van der Waals surface area contributed by atoms with E-state index < -0.39 is 6.10 Å². The standard InChI is InChI=1S/C13H16BrN3O/c1-9-13(14)12(17(2)16-9)7-11(18)6-10-4-3-5-15-8-10/h3-5,8,11,18H,6-7H2,1-2H3. The number of halogens is 1. The second-order valence-corrected chi connectivity index (χ2v) is 5.19. The molecular formula is C13H16BrN3O. The lowest BCUT2D eigenvalue weighted by Crippen LogP contribution is -2.16. The zero-order valence-corrected chi connectivity index (χ0v) is 12.1. The highest BCUT2D eigenvalue weighted by molar-refractivity contribution is 9.10. The van der Waals surface area contributed by atoms with Crippen LogP contribution in [0.1, 0.15) is 17.0 Å². The van der Waals surface area contributed by atoms with Crippen molar-refractivity contribution in [1.82, 2.24) is 14.8 Å². The lowest BCUT2D eigenvalue weighted by molar-refractivity contribution is 0.172. The molecule has 4 nitrogen and oxygen atoms in total. The average molecular weight is 310 g/mol. The molecule has 0 aliphatic rings. The second-order valence-electron chi connectivity index (χ2n) is 4.39. The first-order valence-electron chi connectivity index (χ1n) is 5.83. The Morgan fingerprint density at radius 2 is 2.22 bits per heavy atom. The van der Waals surface area contributed by atoms with Gasteiger partial charge in [-0.3, -0.25) is 9.67 Å². The molecule has 0 aliphatic carbocycles. The SMILES string of the molecule is Cc1nn(C)c(CC(O)Cc2cccnc2)c1Br. The molecule has 1 unspecified atom stereocenters. The molecule has 2 rings (SSSR count). The highest BCUT2D eigenvalue weighted by Gasteiger charge is 2.15. The number of nitrogens with zero attached hydrogens (tertiary/aromatic N) is 3. The van der Waals surface area contributed by atoms with Gasteiger partial charge in [-0.15, -0.1) is 0 Å². The van der Waals surface area contributed by atoms with Gasteiger partial charge in [0.15, 0.2) is 0 Å². The van der Waals surface area contributed by atoms with Crippen molar-refractivity contribution in [3.8, 4) is 0 Å². The minimum atomic E-state index is -0.430. The number of aliphatic hydroxyl groups excluding tert-OH is 1. The number of aryl methyl sites for hydroxylation is 2. The van der Waals surface area contributed by atoms with Gasteiger partial charge < -0.3 is 5.11 Å². The summed E-state index contributed by atoms with van der Waals surface area (Å²) in [6.07, 6.45) is 4.27. The van der Waals surface area contributed by atoms with Crippen LogP contribution in [0.2, 0.25) is 0 Å². The fourth-order valence-electron chi connectivity index (χ4n) is 1.99. The zero-order chi connectivity index (χ0) is 13.1. The summed E-state index contributed by atoms with van der Waals surface area (Å²) in [5, 5.41) is 14.4. The minimum Gasteiger partial charge on any atom is -0.392 e. The number of hydrogen-bond donors (Lipinski definition) is 1. The van der Waals surface area contributed by atoms with Crippen molar-refractivity contribution in [2.45, 2.75) is 25.9 Å². The molecule has 18 heavy (non-hydrogen) atoms. The molecule has 1 atom stereocenters. The molecule has 2 aromatic heterocycles. The molecule has 0 saturated heterocycles. The van der Waals surface area contributed by atoms with Gasteiger partial charge >= 0.3 is 0 Å². The van der Waals surface area contributed by atoms with Gasteiger partial charge in [-0.25, -0.2) is 0 Å². The predicted octanol–water partition coefficient (Wildman–Crippen LogP) is 2.03. The van der Waals surface area contributed by atoms with Gasteiger partial charge in [0, 0.05) is 32.3 Å². The van der Waals surface area contributed by atoms with Crippen LogP contribution in [0.3, 0.4) is 0 Å². The topological polar surface area (TPSA) is 50.9 Å². The van der Waals surface area contributed by atoms with Crippen molar-refractivity contribution in [2.75, 3.05) is 0 Å². The Kier molecular flexibility index (Phi) is 4.14. The van der Waals surface area contributed by atoms with E-state index in [2.05, 4.69) is 26.0 Å². The van der Waals surface area contributed by atoms with Gasteiger partial charge in [0.2, 0.25) is 0 Å². The first-order chi connectivity index (χ1) is 8.58. The third kappa shape index (κ3) is 2.97. The van der Waals surface area contributed by atoms with E-state index in [-0.39, 0.29) is 0 Å². The van der Waals surface area contributed by atoms with Crippen LogP contribution in [0, 0.1) is 6.92 Å². The van der Waals surface area contributed by atoms with Gasteiger partial charge in [0.1, 0.15) is 0 Å². The summed E-state index contributed by atoms with van der Waals surface area (Å²) in [6.45, 7) is 1.95. The Morgan fingerprint density at radius 3 is 2.78 bits per heavy atom. The smallest absolute Gasteiger partial charge is 0.0738 e. The summed E-state index contributed by atoms with van der Waals surface area (Å²) >= 11 is 3.51. The maximum atomic E-state index is 10.1. The van der Waals surface area contributed by atoms with Gasteiger partial charge in [0.05, 0.1) is 22.0 Å². The van der Waals surface area contributed by atoms with Crippen LogP contribution in [0.4, 0.5) is 0 Å². The number of hydrogen-bond acceptors (Lipinski definition) is 3. The fourth-order valence-corrected chi connectivity index (χ4v) is 2.49. The molecule has 0 radical (unpaired) electrons. The van der Waals surface area contributed by atoms with Crippen molar-refractivity contribution in [3.63, 3.8) is 0 Å². The Morgan fingerprint density at radius 1 is 1.44 bits per heavy atom. The van der Waals surface area contributed by atoms with Crippen molar-refractivity contribution in [2.24, 2.45) is 7.05 Å². The first kappa shape index (κ1) is 13.2. The van der Waals surface area contributed by atoms with E-state index in [0.29, 0.717) is 12.8 Å². The van der Waals surface area contributed by atoms with E-state index in [1.807, 2.05) is 30.8 Å². The highest BCUT2D eigenvalue weighted by Crippen LogP contribution is 2.22. The molecule has 96 valence electrons. The van der Waals surface area contributed by atoms with E-state index in [1.54, 1.807) is 12.4 Å². The van der Waals surface area contributed by atoms with Crippen LogP contribution in [-0.2, 0) is 19.9 Å². The molecule has 2 heterocycles. The summed E-state index contributed by atoms with van der Waals surface area (Å²) in [4.78, 5) is 4.05. The fraction of sp³-hybridized carbons (Fsp3) is 0.385. The molecule has 0 spiro atoms. The lowest BCUT2D eigenvalue weighted by Gasteiger charge is -2.11. The number of aliphatic hydroxyl groups is 1. The van der Waals surface area contributed by atoms with E-state index in [9.17, 15) is 5.11 Å². The normalized spacial score (nSPS) is 12.7. The molecule has 0 amide bonds. The van der Waals surface area contributed by atoms with Gasteiger partial charge in [0.25, 0.3) is 0 Å². The maximum absolute atomic E-state index is 10.1. The van der Waals surface area contributed by atoms with Crippen LogP contribution < -0.4 is 0 Å². The number of pyridine rings is 1. The quantitative estimate of drug-likeness (QED) is 0.940. The molecule has 0 saturated carbocycles. The molecule has 0 aliphatic heterocycles. The number of aromatic nitrogens is 3. The average Bonchev–Trinajstić information content (AvgIpc) is 2.57.